The molecule has 772 valence electrons. The summed E-state index contributed by atoms with van der Waals surface area (Å²) in [5.41, 5.74) is -2.05. The summed E-state index contributed by atoms with van der Waals surface area (Å²) in [5, 5.41) is 17.0. The Labute approximate surface area is 817 Å². The van der Waals surface area contributed by atoms with Crippen LogP contribution in [-0.4, -0.2) is 130 Å². The first-order valence-corrected chi connectivity index (χ1v) is 44.7. The number of para-hydroxylation sites is 1. The van der Waals surface area contributed by atoms with E-state index in [9.17, 15) is 108 Å². The number of urea groups is 3. The second kappa shape index (κ2) is 52.0. The van der Waals surface area contributed by atoms with E-state index >= 15 is 0 Å². The van der Waals surface area contributed by atoms with Crippen LogP contribution in [0.1, 0.15) is 137 Å². The smallest absolute Gasteiger partial charge is 0.467 e. The molecule has 0 radical (unpaired) electrons. The van der Waals surface area contributed by atoms with Crippen molar-refractivity contribution in [2.45, 2.75) is 180 Å². The molecule has 12 rings (SSSR count). The second-order valence-corrected chi connectivity index (χ2v) is 32.7. The van der Waals surface area contributed by atoms with E-state index in [2.05, 4.69) is 65.3 Å². The molecule has 22 nitrogen and oxygen atoms in total. The van der Waals surface area contributed by atoms with Crippen LogP contribution in [-0.2, 0) is 70.9 Å². The van der Waals surface area contributed by atoms with Gasteiger partial charge in [-0.05, 0) is 179 Å². The predicted octanol–water partition coefficient (Wildman–Crippen LogP) is 24.6. The quantitative estimate of drug-likeness (QED) is 0.0109. The Kier molecular flexibility index (Phi) is 42.1. The van der Waals surface area contributed by atoms with Gasteiger partial charge in [-0.1, -0.05) is 236 Å². The first kappa shape index (κ1) is 116. The Morgan fingerprint density at radius 2 is 0.650 bits per heavy atom. The Bertz CT molecular complexity index is 5720. The second-order valence-electron chi connectivity index (χ2n) is 31.7. The summed E-state index contributed by atoms with van der Waals surface area (Å²) in [6.07, 6.45) is -22.0. The van der Waals surface area contributed by atoms with Crippen LogP contribution in [0.25, 0.3) is 10.9 Å². The molecule has 3 atom stereocenters. The standard InChI is InChI=1S/C36H31F6N3O5.C33H34F6N2O5.C30H30F6N2O5S.3CH4/c1-2-48-32(46)31(18-24-22-43-30-17-7-6-16-29(24)30)44-33(47)45-34(21-23-10-4-3-5-11-23,25-12-8-14-27(19-25)49-35(37,38)39)26-13-9-15-28(20-26)50-36(40,41)42;1-44-29(42)28(18-22-10-4-2-5-11-22)40-30(43)41-31(21-23-12-6-3-7-13-23,24-14-8-16-26(19-24)45-32(34,35)36)25-15-9-17-27(20-25)46-33(37,38)39;1-3-41-26(39)25(15-16-44-2)37-27(40)38-28(19-20-9-5-4-6-10-20,21-11-7-13-23(17-21)42-29(31,32)33)22-12-8-14-24(18-22)43-30(34,35)36;;;/h3-17,19-20,22,31,43H,2,18,21H2,1H3,(H2,44,45,47);3,6-9,12-17,19-20,22,28H,2,4-5,10-11,18,21H2,1H3,(H2,40,41,43);4-14,17-18,25H,3,15-16,19H2,1-2H3,(H2,37,38,40);3*1H4/t;28-;25-;;;/m.00.../s1. The zero-order valence-corrected chi connectivity index (χ0v) is 75.8. The van der Waals surface area contributed by atoms with Gasteiger partial charge in [0.1, 0.15) is 52.6 Å². The van der Waals surface area contributed by atoms with Gasteiger partial charge in [0.05, 0.1) is 36.9 Å². The van der Waals surface area contributed by atoms with Crippen molar-refractivity contribution in [3.63, 3.8) is 0 Å². The number of amides is 6. The number of esters is 3. The number of aromatic amines is 1. The molecule has 1 heterocycles. The number of thioether (sulfide) groups is 1. The van der Waals surface area contributed by atoms with Crippen molar-refractivity contribution in [3.05, 3.63) is 323 Å². The number of hydrogen-bond acceptors (Lipinski definition) is 16. The fourth-order valence-corrected chi connectivity index (χ4v) is 16.6. The van der Waals surface area contributed by atoms with Gasteiger partial charge in [-0.3, -0.25) is 0 Å². The Balaban J connectivity index is 0.000000289. The maximum atomic E-state index is 14.1. The third kappa shape index (κ3) is 35.8. The number of carbonyl (C=O) groups excluding carboxylic acids is 6. The topological polar surface area (TPSA) is 273 Å². The van der Waals surface area contributed by atoms with Crippen molar-refractivity contribution in [2.75, 3.05) is 32.3 Å². The van der Waals surface area contributed by atoms with Crippen molar-refractivity contribution in [1.82, 2.24) is 36.9 Å². The fourth-order valence-electron chi connectivity index (χ4n) is 16.1. The molecular formula is C102H107F18N7O15S. The van der Waals surface area contributed by atoms with Crippen molar-refractivity contribution in [3.8, 4) is 34.5 Å². The molecule has 1 aliphatic carbocycles. The van der Waals surface area contributed by atoms with Crippen LogP contribution in [0.3, 0.4) is 0 Å². The minimum absolute atomic E-state index is 0. The van der Waals surface area contributed by atoms with Gasteiger partial charge in [0, 0.05) is 42.8 Å². The van der Waals surface area contributed by atoms with E-state index in [4.69, 9.17) is 14.2 Å². The Morgan fingerprint density at radius 1 is 0.364 bits per heavy atom. The molecule has 1 saturated carbocycles. The van der Waals surface area contributed by atoms with E-state index in [0.717, 1.165) is 116 Å². The Morgan fingerprint density at radius 3 is 0.944 bits per heavy atom. The lowest BCUT2D eigenvalue weighted by molar-refractivity contribution is -0.275. The zero-order chi connectivity index (χ0) is 102. The number of carbonyl (C=O) groups is 6. The van der Waals surface area contributed by atoms with Gasteiger partial charge in [0.15, 0.2) is 0 Å². The maximum Gasteiger partial charge on any atom is 0.573 e. The molecule has 1 aromatic heterocycles. The third-order valence-electron chi connectivity index (χ3n) is 21.8. The van der Waals surface area contributed by atoms with Crippen molar-refractivity contribution < 1.29 is 150 Å². The summed E-state index contributed by atoms with van der Waals surface area (Å²) < 4.78 is 279. The van der Waals surface area contributed by atoms with Crippen molar-refractivity contribution in [1.29, 1.82) is 0 Å². The van der Waals surface area contributed by atoms with Gasteiger partial charge in [0.25, 0.3) is 0 Å². The molecule has 0 spiro atoms. The molecule has 1 fully saturated rings. The number of methoxy groups -OCH3 is 1. The molecule has 1 aliphatic rings. The van der Waals surface area contributed by atoms with Crippen LogP contribution in [0.15, 0.2) is 267 Å². The first-order valence-electron chi connectivity index (χ1n) is 43.3. The summed E-state index contributed by atoms with van der Waals surface area (Å²) in [7, 11) is 1.19. The molecule has 41 heteroatoms. The van der Waals surface area contributed by atoms with Crippen LogP contribution in [0.4, 0.5) is 93.4 Å². The number of halogens is 18. The molecule has 0 saturated heterocycles. The molecule has 6 amide bonds. The van der Waals surface area contributed by atoms with Crippen LogP contribution < -0.4 is 60.3 Å². The maximum absolute atomic E-state index is 14.1. The molecule has 10 aromatic carbocycles. The molecule has 0 aliphatic heterocycles. The molecular weight excluding hydrogens is 1940 g/mol. The average molecular weight is 2050 g/mol. The number of alkyl halides is 18. The number of nitrogens with one attached hydrogen (secondary N) is 7. The molecule has 143 heavy (non-hydrogen) atoms. The number of H-pyrrole nitrogens is 1. The highest BCUT2D eigenvalue weighted by Crippen LogP contribution is 2.44. The largest absolute Gasteiger partial charge is 0.573 e. The summed E-state index contributed by atoms with van der Waals surface area (Å²) in [6, 6.07) is 55.1. The lowest BCUT2D eigenvalue weighted by Crippen LogP contribution is -2.55. The third-order valence-corrected chi connectivity index (χ3v) is 22.5. The highest BCUT2D eigenvalue weighted by atomic mass is 32.2. The summed E-state index contributed by atoms with van der Waals surface area (Å²) in [5.74, 6) is -5.27. The van der Waals surface area contributed by atoms with E-state index in [0.29, 0.717) is 34.4 Å². The summed E-state index contributed by atoms with van der Waals surface area (Å²) >= 11 is 1.42. The van der Waals surface area contributed by atoms with Gasteiger partial charge in [-0.25, -0.2) is 28.8 Å². The van der Waals surface area contributed by atoms with Gasteiger partial charge in [-0.2, -0.15) is 11.8 Å². The molecule has 7 N–H and O–H groups in total. The van der Waals surface area contributed by atoms with Crippen molar-refractivity contribution >= 4 is 58.7 Å². The first-order chi connectivity index (χ1) is 66.2. The van der Waals surface area contributed by atoms with E-state index in [1.54, 1.807) is 117 Å². The zero-order valence-electron chi connectivity index (χ0n) is 74.9. The van der Waals surface area contributed by atoms with E-state index in [-0.39, 0.29) is 107 Å². The van der Waals surface area contributed by atoms with Crippen LogP contribution in [0, 0.1) is 5.92 Å². The Hall–Kier alpha value is -14.2. The number of fused-ring (bicyclic) bond motifs is 1. The summed E-state index contributed by atoms with van der Waals surface area (Å²) in [6.45, 7) is 3.24. The van der Waals surface area contributed by atoms with E-state index in [1.165, 1.54) is 91.7 Å². The van der Waals surface area contributed by atoms with Gasteiger partial charge in [-0.15, -0.1) is 79.0 Å². The van der Waals surface area contributed by atoms with Crippen molar-refractivity contribution in [2.24, 2.45) is 5.92 Å². The number of rotatable bonds is 36. The van der Waals surface area contributed by atoms with Gasteiger partial charge < -0.3 is 79.5 Å². The molecule has 11 aromatic rings. The number of ether oxygens (including phenoxy) is 9. The monoisotopic (exact) mass is 2040 g/mol. The lowest BCUT2D eigenvalue weighted by Gasteiger charge is -2.37. The number of hydrogen-bond donors (Lipinski definition) is 7. The fraction of sp³-hybridized carbons (Fsp3) is 0.333. The normalized spacial score (nSPS) is 13.1. The van der Waals surface area contributed by atoms with Gasteiger partial charge >= 0.3 is 74.2 Å². The highest BCUT2D eigenvalue weighted by Gasteiger charge is 2.46. The molecule has 0 bridgehead atoms. The molecule has 1 unspecified atom stereocenters. The number of benzene rings is 10. The van der Waals surface area contributed by atoms with Crippen LogP contribution in [0.5, 0.6) is 34.5 Å². The lowest BCUT2D eigenvalue weighted by atomic mass is 9.77. The van der Waals surface area contributed by atoms with Gasteiger partial charge in [0.2, 0.25) is 0 Å². The average Bonchev–Trinajstić information content (AvgIpc) is 0.922. The predicted molar refractivity (Wildman–Crippen MR) is 500 cm³/mol. The SMILES string of the molecule is C.C.C.CCOC(=O)C(Cc1c[nH]c2ccccc12)NC(=O)NC(Cc1ccccc1)(c1cccc(OC(F)(F)F)c1)c1cccc(OC(F)(F)F)c1.CCOC(=O)[C@H](CCSC)NC(=O)NC(Cc1ccccc1)(c1cccc(OC(F)(F)F)c1)c1cccc(OC(F)(F)F)c1.COC(=O)[C@H](CC1CCCCC1)NC(=O)NC(Cc1ccccc1)(c1cccc(OC(F)(F)F)c1)c1cccc(OC(F)(F)F)c1. The van der Waals surface area contributed by atoms with Crippen LogP contribution in [0.2, 0.25) is 0 Å². The minimum atomic E-state index is -5.07. The van der Waals surface area contributed by atoms with Crippen LogP contribution >= 0.6 is 11.8 Å². The minimum Gasteiger partial charge on any atom is -0.467 e. The van der Waals surface area contributed by atoms with E-state index in [1.807, 2.05) is 24.3 Å². The summed E-state index contributed by atoms with van der Waals surface area (Å²) in [4.78, 5) is 83.2. The van der Waals surface area contributed by atoms with E-state index < -0.39 is 143 Å². The number of aromatic nitrogens is 1. The highest BCUT2D eigenvalue weighted by molar-refractivity contribution is 7.98.